The second kappa shape index (κ2) is 5.93. The largest absolute Gasteiger partial charge is 0.355 e. The second-order valence-corrected chi connectivity index (χ2v) is 9.41. The van der Waals surface area contributed by atoms with Crippen LogP contribution in [0.15, 0.2) is 24.3 Å². The van der Waals surface area contributed by atoms with Gasteiger partial charge < -0.3 is 5.32 Å². The molecular weight excluding hydrogens is 310 g/mol. The highest BCUT2D eigenvalue weighted by molar-refractivity contribution is 7.92. The first-order valence-electron chi connectivity index (χ1n) is 8.48. The lowest BCUT2D eigenvalue weighted by Gasteiger charge is -2.15. The van der Waals surface area contributed by atoms with Crippen LogP contribution >= 0.6 is 0 Å². The van der Waals surface area contributed by atoms with E-state index in [2.05, 4.69) is 29.6 Å². The molecular formula is C18H25NO3S. The Morgan fingerprint density at radius 2 is 2.13 bits per heavy atom. The van der Waals surface area contributed by atoms with Gasteiger partial charge in [0.05, 0.1) is 5.75 Å². The molecule has 0 aliphatic heterocycles. The van der Waals surface area contributed by atoms with Crippen LogP contribution in [-0.4, -0.2) is 31.9 Å². The molecule has 0 bridgehead atoms. The Hall–Kier alpha value is -1.36. The molecule has 1 saturated carbocycles. The number of carbonyl (C=O) groups excluding carboxylic acids is 1. The van der Waals surface area contributed by atoms with Crippen LogP contribution in [0.4, 0.5) is 0 Å². The molecule has 0 unspecified atom stereocenters. The molecule has 0 aromatic heterocycles. The summed E-state index contributed by atoms with van der Waals surface area (Å²) in [7, 11) is -3.33. The normalized spacial score (nSPS) is 26.8. The van der Waals surface area contributed by atoms with Crippen LogP contribution in [-0.2, 0) is 26.5 Å². The zero-order chi connectivity index (χ0) is 16.7. The predicted octanol–water partition coefficient (Wildman–Crippen LogP) is 2.22. The lowest BCUT2D eigenvalue weighted by Crippen LogP contribution is -2.40. The Morgan fingerprint density at radius 1 is 1.39 bits per heavy atom. The van der Waals surface area contributed by atoms with Crippen molar-refractivity contribution in [3.05, 3.63) is 35.4 Å². The van der Waals surface area contributed by atoms with Gasteiger partial charge in [-0.3, -0.25) is 4.79 Å². The zero-order valence-electron chi connectivity index (χ0n) is 13.8. The molecule has 5 heteroatoms. The van der Waals surface area contributed by atoms with Gasteiger partial charge in [0, 0.05) is 12.0 Å². The van der Waals surface area contributed by atoms with E-state index in [9.17, 15) is 13.2 Å². The average Bonchev–Trinajstić information content (AvgIpc) is 3.11. The minimum absolute atomic E-state index is 0.0718. The first-order chi connectivity index (χ1) is 10.9. The number of carbonyl (C=O) groups is 1. The van der Waals surface area contributed by atoms with Gasteiger partial charge in [-0.1, -0.05) is 31.2 Å². The Balaban J connectivity index is 1.58. The number of nitrogens with one attached hydrogen (secondary N) is 1. The first kappa shape index (κ1) is 16.5. The van der Waals surface area contributed by atoms with Gasteiger partial charge in [-0.2, -0.15) is 0 Å². The Labute approximate surface area is 138 Å². The molecule has 0 heterocycles. The summed E-state index contributed by atoms with van der Waals surface area (Å²) < 4.78 is 24.0. The number of benzene rings is 1. The van der Waals surface area contributed by atoms with Gasteiger partial charge in [-0.05, 0) is 49.7 Å². The summed E-state index contributed by atoms with van der Waals surface area (Å²) in [5.41, 5.74) is 3.10. The zero-order valence-corrected chi connectivity index (χ0v) is 14.7. The van der Waals surface area contributed by atoms with Crippen LogP contribution < -0.4 is 5.32 Å². The van der Waals surface area contributed by atoms with Gasteiger partial charge in [0.1, 0.15) is 5.25 Å². The van der Waals surface area contributed by atoms with Crippen LogP contribution in [0, 0.1) is 5.92 Å². The quantitative estimate of drug-likeness (QED) is 0.867. The van der Waals surface area contributed by atoms with Gasteiger partial charge in [0.2, 0.25) is 5.91 Å². The molecule has 1 amide bonds. The number of hydrogen-bond acceptors (Lipinski definition) is 3. The molecule has 2 aliphatic rings. The van der Waals surface area contributed by atoms with Crippen molar-refractivity contribution in [2.75, 3.05) is 12.3 Å². The molecule has 1 aromatic carbocycles. The van der Waals surface area contributed by atoms with Gasteiger partial charge in [0.25, 0.3) is 0 Å². The molecule has 0 radical (unpaired) electrons. The fraction of sp³-hybridized carbons (Fsp3) is 0.611. The molecule has 1 spiro atoms. The van der Waals surface area contributed by atoms with E-state index in [1.165, 1.54) is 18.1 Å². The third kappa shape index (κ3) is 2.91. The summed E-state index contributed by atoms with van der Waals surface area (Å²) in [5, 5.41) is 1.92. The highest BCUT2D eigenvalue weighted by Crippen LogP contribution is 2.61. The van der Waals surface area contributed by atoms with E-state index in [0.29, 0.717) is 18.9 Å². The Bertz CT molecular complexity index is 713. The van der Waals surface area contributed by atoms with E-state index >= 15 is 0 Å². The molecule has 0 saturated heterocycles. The van der Waals surface area contributed by atoms with Crippen molar-refractivity contribution in [1.82, 2.24) is 5.32 Å². The van der Waals surface area contributed by atoms with Crippen molar-refractivity contribution in [3.63, 3.8) is 0 Å². The van der Waals surface area contributed by atoms with Gasteiger partial charge >= 0.3 is 0 Å². The molecule has 1 N–H and O–H groups in total. The number of aryl methyl sites for hydroxylation is 1. The van der Waals surface area contributed by atoms with Gasteiger partial charge in [0.15, 0.2) is 9.84 Å². The molecule has 2 aliphatic carbocycles. The second-order valence-electron chi connectivity index (χ2n) is 6.97. The molecule has 23 heavy (non-hydrogen) atoms. The summed E-state index contributed by atoms with van der Waals surface area (Å²) >= 11 is 0. The number of amides is 1. The van der Waals surface area contributed by atoms with E-state index in [1.54, 1.807) is 0 Å². The lowest BCUT2D eigenvalue weighted by atomic mass is 9.95. The van der Waals surface area contributed by atoms with E-state index in [1.807, 2.05) is 6.92 Å². The van der Waals surface area contributed by atoms with Crippen molar-refractivity contribution in [1.29, 1.82) is 0 Å². The summed E-state index contributed by atoms with van der Waals surface area (Å²) in [6, 6.07) is 8.56. The topological polar surface area (TPSA) is 63.2 Å². The fourth-order valence-corrected chi connectivity index (χ4v) is 5.32. The molecule has 3 atom stereocenters. The van der Waals surface area contributed by atoms with Crippen LogP contribution in [0.2, 0.25) is 0 Å². The van der Waals surface area contributed by atoms with E-state index in [4.69, 9.17) is 0 Å². The molecule has 4 nitrogen and oxygen atoms in total. The minimum atomic E-state index is -3.33. The van der Waals surface area contributed by atoms with Gasteiger partial charge in [-0.25, -0.2) is 8.42 Å². The van der Waals surface area contributed by atoms with Crippen LogP contribution in [0.3, 0.4) is 0 Å². The van der Waals surface area contributed by atoms with Crippen molar-refractivity contribution < 1.29 is 13.2 Å². The highest BCUT2D eigenvalue weighted by atomic mass is 32.2. The number of rotatable bonds is 6. The van der Waals surface area contributed by atoms with Crippen LogP contribution in [0.1, 0.15) is 44.2 Å². The van der Waals surface area contributed by atoms with Crippen molar-refractivity contribution >= 4 is 15.7 Å². The molecule has 126 valence electrons. The number of hydrogen-bond donors (Lipinski definition) is 1. The van der Waals surface area contributed by atoms with E-state index in [-0.39, 0.29) is 17.1 Å². The van der Waals surface area contributed by atoms with Crippen molar-refractivity contribution in [2.45, 2.75) is 50.2 Å². The van der Waals surface area contributed by atoms with Crippen molar-refractivity contribution in [2.24, 2.45) is 5.92 Å². The molecule has 1 fully saturated rings. The first-order valence-corrected chi connectivity index (χ1v) is 10.2. The fourth-order valence-electron chi connectivity index (χ4n) is 3.99. The Kier molecular flexibility index (Phi) is 4.25. The van der Waals surface area contributed by atoms with Crippen LogP contribution in [0.5, 0.6) is 0 Å². The monoisotopic (exact) mass is 335 g/mol. The summed E-state index contributed by atoms with van der Waals surface area (Å²) in [6.07, 6.45) is 3.90. The number of sulfone groups is 1. The number of fused-ring (bicyclic) bond motifs is 2. The smallest absolute Gasteiger partial charge is 0.238 e. The van der Waals surface area contributed by atoms with E-state index in [0.717, 1.165) is 19.3 Å². The maximum absolute atomic E-state index is 12.2. The van der Waals surface area contributed by atoms with Crippen LogP contribution in [0.25, 0.3) is 0 Å². The Morgan fingerprint density at radius 3 is 2.87 bits per heavy atom. The highest BCUT2D eigenvalue weighted by Gasteiger charge is 2.57. The standard InChI is InChI=1S/C18H25NO3S/c1-3-10-23(21,22)13(2)17(20)19-12-15-11-18(15)9-8-14-6-4-5-7-16(14)18/h4-7,13,15H,3,8-12H2,1-2H3,(H,19,20)/t13-,15-,18+/m1/s1. The summed E-state index contributed by atoms with van der Waals surface area (Å²) in [5.74, 6) is 0.158. The minimum Gasteiger partial charge on any atom is -0.355 e. The predicted molar refractivity (Wildman–Crippen MR) is 91.1 cm³/mol. The summed E-state index contributed by atoms with van der Waals surface area (Å²) in [4.78, 5) is 12.2. The average molecular weight is 335 g/mol. The third-order valence-electron chi connectivity index (χ3n) is 5.55. The van der Waals surface area contributed by atoms with E-state index < -0.39 is 15.1 Å². The molecule has 3 rings (SSSR count). The van der Waals surface area contributed by atoms with Crippen molar-refractivity contribution in [3.8, 4) is 0 Å². The molecule has 1 aromatic rings. The maximum atomic E-state index is 12.2. The van der Waals surface area contributed by atoms with Gasteiger partial charge in [-0.15, -0.1) is 0 Å². The lowest BCUT2D eigenvalue weighted by molar-refractivity contribution is -0.120. The third-order valence-corrected chi connectivity index (χ3v) is 7.81. The maximum Gasteiger partial charge on any atom is 0.238 e. The summed E-state index contributed by atoms with van der Waals surface area (Å²) in [6.45, 7) is 3.89. The SMILES string of the molecule is CCCS(=O)(=O)[C@H](C)C(=O)NC[C@H]1C[C@@]12CCc1ccccc12.